The van der Waals surface area contributed by atoms with Crippen LogP contribution in [0.1, 0.15) is 28.7 Å². The minimum absolute atomic E-state index is 0.188. The molecule has 146 valence electrons. The molecule has 0 unspecified atom stereocenters. The lowest BCUT2D eigenvalue weighted by Crippen LogP contribution is -2.24. The molecule has 5 nitrogen and oxygen atoms in total. The standard InChI is InChI=1S/C19H17Cl3N4OS/c1-2-26-17(10-23-18(27)13-4-6-14(20)7-5-13)24-25-19(26)28-11-12-3-8-15(21)16(22)9-12/h3-9H,2,10-11H2,1H3,(H,23,27). The lowest BCUT2D eigenvalue weighted by atomic mass is 10.2. The Kier molecular flexibility index (Phi) is 7.24. The van der Waals surface area contributed by atoms with Crippen molar-refractivity contribution in [3.8, 4) is 0 Å². The number of halogens is 3. The number of benzene rings is 2. The smallest absolute Gasteiger partial charge is 0.251 e. The molecule has 0 saturated carbocycles. The van der Waals surface area contributed by atoms with Crippen molar-refractivity contribution in [2.24, 2.45) is 0 Å². The first-order valence-electron chi connectivity index (χ1n) is 8.50. The molecule has 9 heteroatoms. The maximum absolute atomic E-state index is 12.3. The summed E-state index contributed by atoms with van der Waals surface area (Å²) >= 11 is 19.4. The van der Waals surface area contributed by atoms with Crippen LogP contribution in [0.25, 0.3) is 0 Å². The Balaban J connectivity index is 1.63. The third-order valence-corrected chi connectivity index (χ3v) is 6.00. The summed E-state index contributed by atoms with van der Waals surface area (Å²) in [5, 5.41) is 13.8. The molecular formula is C19H17Cl3N4OS. The van der Waals surface area contributed by atoms with Gasteiger partial charge in [0.05, 0.1) is 16.6 Å². The number of nitrogens with one attached hydrogen (secondary N) is 1. The summed E-state index contributed by atoms with van der Waals surface area (Å²) in [6, 6.07) is 12.3. The molecule has 0 radical (unpaired) electrons. The summed E-state index contributed by atoms with van der Waals surface area (Å²) in [6.07, 6.45) is 0. The monoisotopic (exact) mass is 454 g/mol. The van der Waals surface area contributed by atoms with E-state index in [-0.39, 0.29) is 12.5 Å². The number of hydrogen-bond donors (Lipinski definition) is 1. The summed E-state index contributed by atoms with van der Waals surface area (Å²) in [5.41, 5.74) is 1.59. The van der Waals surface area contributed by atoms with Gasteiger partial charge in [0.25, 0.3) is 5.91 Å². The maximum Gasteiger partial charge on any atom is 0.251 e. The van der Waals surface area contributed by atoms with E-state index in [1.807, 2.05) is 23.6 Å². The molecule has 0 aliphatic carbocycles. The van der Waals surface area contributed by atoms with Crippen molar-refractivity contribution in [2.45, 2.75) is 30.9 Å². The Morgan fingerprint density at radius 1 is 1.07 bits per heavy atom. The largest absolute Gasteiger partial charge is 0.345 e. The van der Waals surface area contributed by atoms with Crippen molar-refractivity contribution < 1.29 is 4.79 Å². The van der Waals surface area contributed by atoms with Crippen LogP contribution < -0.4 is 5.32 Å². The fourth-order valence-electron chi connectivity index (χ4n) is 2.51. The summed E-state index contributed by atoms with van der Waals surface area (Å²) in [4.78, 5) is 12.3. The van der Waals surface area contributed by atoms with E-state index in [4.69, 9.17) is 34.8 Å². The van der Waals surface area contributed by atoms with E-state index >= 15 is 0 Å². The first-order valence-corrected chi connectivity index (χ1v) is 10.6. The van der Waals surface area contributed by atoms with Gasteiger partial charge in [-0.3, -0.25) is 4.79 Å². The molecular weight excluding hydrogens is 439 g/mol. The number of carbonyl (C=O) groups excluding carboxylic acids is 1. The summed E-state index contributed by atoms with van der Waals surface area (Å²) in [6.45, 7) is 3.00. The van der Waals surface area contributed by atoms with E-state index in [9.17, 15) is 4.79 Å². The van der Waals surface area contributed by atoms with Crippen LogP contribution in [0, 0.1) is 0 Å². The SMILES string of the molecule is CCn1c(CNC(=O)c2ccc(Cl)cc2)nnc1SCc1ccc(Cl)c(Cl)c1. The lowest BCUT2D eigenvalue weighted by molar-refractivity contribution is 0.0949. The van der Waals surface area contributed by atoms with Gasteiger partial charge >= 0.3 is 0 Å². The first kappa shape index (κ1) is 21.0. The molecule has 3 rings (SSSR count). The zero-order valence-electron chi connectivity index (χ0n) is 15.0. The van der Waals surface area contributed by atoms with Gasteiger partial charge in [-0.25, -0.2) is 0 Å². The van der Waals surface area contributed by atoms with Gasteiger partial charge in [0.15, 0.2) is 11.0 Å². The number of nitrogens with zero attached hydrogens (tertiary/aromatic N) is 3. The van der Waals surface area contributed by atoms with Gasteiger partial charge in [-0.15, -0.1) is 10.2 Å². The van der Waals surface area contributed by atoms with Gasteiger partial charge in [0.2, 0.25) is 0 Å². The average Bonchev–Trinajstić information content (AvgIpc) is 3.09. The molecule has 1 heterocycles. The van der Waals surface area contributed by atoms with Crippen molar-refractivity contribution >= 4 is 52.5 Å². The molecule has 1 aromatic heterocycles. The number of carbonyl (C=O) groups is 1. The highest BCUT2D eigenvalue weighted by atomic mass is 35.5. The van der Waals surface area contributed by atoms with E-state index in [0.717, 1.165) is 10.7 Å². The normalized spacial score (nSPS) is 10.9. The molecule has 28 heavy (non-hydrogen) atoms. The Labute approximate surface area is 182 Å². The van der Waals surface area contributed by atoms with Crippen molar-refractivity contribution in [1.29, 1.82) is 0 Å². The zero-order valence-corrected chi connectivity index (χ0v) is 18.0. The number of thioether (sulfide) groups is 1. The number of hydrogen-bond acceptors (Lipinski definition) is 4. The van der Waals surface area contributed by atoms with Gasteiger partial charge in [0.1, 0.15) is 0 Å². The summed E-state index contributed by atoms with van der Waals surface area (Å²) in [7, 11) is 0. The van der Waals surface area contributed by atoms with E-state index < -0.39 is 0 Å². The molecule has 0 saturated heterocycles. The van der Waals surface area contributed by atoms with Crippen LogP contribution in [0.4, 0.5) is 0 Å². The van der Waals surface area contributed by atoms with E-state index in [2.05, 4.69) is 15.5 Å². The van der Waals surface area contributed by atoms with Gasteiger partial charge in [-0.1, -0.05) is 52.6 Å². The molecule has 0 fully saturated rings. The second-order valence-electron chi connectivity index (χ2n) is 5.87. The molecule has 3 aromatic rings. The third-order valence-electron chi connectivity index (χ3n) is 3.98. The second kappa shape index (κ2) is 9.65. The topological polar surface area (TPSA) is 59.8 Å². The van der Waals surface area contributed by atoms with Crippen LogP contribution in [-0.2, 0) is 18.8 Å². The predicted octanol–water partition coefficient (Wildman–Crippen LogP) is 5.48. The Bertz CT molecular complexity index is 976. The third kappa shape index (κ3) is 5.20. The van der Waals surface area contributed by atoms with Crippen LogP contribution in [0.15, 0.2) is 47.6 Å². The minimum Gasteiger partial charge on any atom is -0.345 e. The lowest BCUT2D eigenvalue weighted by Gasteiger charge is -2.09. The van der Waals surface area contributed by atoms with Crippen molar-refractivity contribution in [3.63, 3.8) is 0 Å². The molecule has 1 amide bonds. The van der Waals surface area contributed by atoms with Crippen LogP contribution in [0.3, 0.4) is 0 Å². The second-order valence-corrected chi connectivity index (χ2v) is 8.06. The first-order chi connectivity index (χ1) is 13.5. The van der Waals surface area contributed by atoms with E-state index in [1.54, 1.807) is 42.1 Å². The van der Waals surface area contributed by atoms with E-state index in [0.29, 0.717) is 38.8 Å². The average molecular weight is 456 g/mol. The molecule has 2 aromatic carbocycles. The summed E-state index contributed by atoms with van der Waals surface area (Å²) < 4.78 is 1.98. The molecule has 1 N–H and O–H groups in total. The molecule has 0 aliphatic heterocycles. The van der Waals surface area contributed by atoms with Crippen LogP contribution >= 0.6 is 46.6 Å². The van der Waals surface area contributed by atoms with Crippen LogP contribution in [0.2, 0.25) is 15.1 Å². The van der Waals surface area contributed by atoms with Gasteiger partial charge < -0.3 is 9.88 Å². The minimum atomic E-state index is -0.188. The Morgan fingerprint density at radius 3 is 2.50 bits per heavy atom. The Hall–Kier alpha value is -1.73. The van der Waals surface area contributed by atoms with Crippen molar-refractivity contribution in [1.82, 2.24) is 20.1 Å². The number of rotatable bonds is 7. The van der Waals surface area contributed by atoms with Gasteiger partial charge in [0, 0.05) is 22.9 Å². The highest BCUT2D eigenvalue weighted by Gasteiger charge is 2.13. The fourth-order valence-corrected chi connectivity index (χ4v) is 3.93. The molecule has 0 spiro atoms. The van der Waals surface area contributed by atoms with Crippen molar-refractivity contribution in [2.75, 3.05) is 0 Å². The summed E-state index contributed by atoms with van der Waals surface area (Å²) in [5.74, 6) is 1.19. The van der Waals surface area contributed by atoms with Crippen molar-refractivity contribution in [3.05, 3.63) is 74.5 Å². The quantitative estimate of drug-likeness (QED) is 0.479. The molecule has 0 aliphatic rings. The van der Waals surface area contributed by atoms with Gasteiger partial charge in [-0.2, -0.15) is 0 Å². The highest BCUT2D eigenvalue weighted by molar-refractivity contribution is 7.98. The predicted molar refractivity (Wildman–Crippen MR) is 114 cm³/mol. The number of amides is 1. The fraction of sp³-hybridized carbons (Fsp3) is 0.211. The van der Waals surface area contributed by atoms with Gasteiger partial charge in [-0.05, 0) is 48.9 Å². The molecule has 0 bridgehead atoms. The maximum atomic E-state index is 12.3. The number of aromatic nitrogens is 3. The highest BCUT2D eigenvalue weighted by Crippen LogP contribution is 2.27. The van der Waals surface area contributed by atoms with Crippen LogP contribution in [0.5, 0.6) is 0 Å². The zero-order chi connectivity index (χ0) is 20.1. The van der Waals surface area contributed by atoms with Crippen LogP contribution in [-0.4, -0.2) is 20.7 Å². The molecule has 0 atom stereocenters. The Morgan fingerprint density at radius 2 is 1.82 bits per heavy atom. The van der Waals surface area contributed by atoms with E-state index in [1.165, 1.54) is 0 Å².